The Bertz CT molecular complexity index is 340. The van der Waals surface area contributed by atoms with Crippen LogP contribution in [0.15, 0.2) is 0 Å². The van der Waals surface area contributed by atoms with Crippen molar-refractivity contribution in [3.63, 3.8) is 0 Å². The molecule has 39 heavy (non-hydrogen) atoms. The van der Waals surface area contributed by atoms with Crippen LogP contribution in [-0.2, 0) is 32.7 Å². The molecule has 2 atom stereocenters. The molecule has 29 heteroatoms. The summed E-state index contributed by atoms with van der Waals surface area (Å²) >= 11 is 0. The average Bonchev–Trinajstić information content (AvgIpc) is 2.81. The summed E-state index contributed by atoms with van der Waals surface area (Å²) in [6, 6.07) is 0. The molecule has 147 valence electrons. The van der Waals surface area contributed by atoms with Gasteiger partial charge in [0.2, 0.25) is 0 Å². The fourth-order valence-electron chi connectivity index (χ4n) is 1.77. The molecule has 0 amide bonds. The first-order valence-corrected chi connectivity index (χ1v) is 11.5. The molecule has 0 aromatic rings. The van der Waals surface area contributed by atoms with E-state index in [1.807, 2.05) is 0 Å². The second kappa shape index (κ2) is 50.5. The van der Waals surface area contributed by atoms with Gasteiger partial charge >= 0.3 is 0 Å². The molecular weight excluding hydrogens is 512 g/mol. The third-order valence-electron chi connectivity index (χ3n) is 3.90. The minimum absolute atomic E-state index is 0. The first kappa shape index (κ1) is 61.0. The zero-order valence-electron chi connectivity index (χ0n) is 23.6. The Morgan fingerprint density at radius 3 is 0.872 bits per heavy atom. The molecule has 0 aliphatic heterocycles. The molecule has 0 aromatic carbocycles. The maximum absolute atomic E-state index is 5.19. The molecule has 0 nitrogen and oxygen atoms in total. The molecule has 1 saturated carbocycles. The van der Waals surface area contributed by atoms with Crippen LogP contribution in [0.3, 0.4) is 0 Å². The normalized spacial score (nSPS) is 13.7. The van der Waals surface area contributed by atoms with Crippen LogP contribution in [0, 0.1) is 25.7 Å². The first-order valence-electron chi connectivity index (χ1n) is 11.5. The second-order valence-electron chi connectivity index (χ2n) is 7.55. The molecule has 1 aliphatic rings. The van der Waals surface area contributed by atoms with Crippen molar-refractivity contribution >= 4 is 207 Å². The summed E-state index contributed by atoms with van der Waals surface area (Å²) in [6.07, 6.45) is 4.94. The van der Waals surface area contributed by atoms with Crippen LogP contribution in [0.5, 0.6) is 0 Å². The van der Waals surface area contributed by atoms with Gasteiger partial charge in [0.25, 0.3) is 0 Å². The summed E-state index contributed by atoms with van der Waals surface area (Å²) in [5.41, 5.74) is 0. The Morgan fingerprint density at radius 1 is 0.538 bits per heavy atom. The third kappa shape index (κ3) is 79.5. The van der Waals surface area contributed by atoms with E-state index in [2.05, 4.69) is 68.0 Å². The van der Waals surface area contributed by atoms with E-state index in [9.17, 15) is 0 Å². The maximum Gasteiger partial charge on any atom is 0 e. The van der Waals surface area contributed by atoms with Gasteiger partial charge in [-0.1, -0.05) is 38.5 Å². The molecule has 1 fully saturated rings. The van der Waals surface area contributed by atoms with Gasteiger partial charge in [-0.2, -0.15) is 11.8 Å². The van der Waals surface area contributed by atoms with Gasteiger partial charge in [-0.25, -0.2) is 0 Å². The van der Waals surface area contributed by atoms with Crippen LogP contribution in [0.25, 0.3) is 0 Å². The Kier molecular flexibility index (Phi) is 79.1. The molecule has 2 unspecified atom stereocenters. The van der Waals surface area contributed by atoms with E-state index < -0.39 is 31.9 Å². The second-order valence-corrected chi connectivity index (χ2v) is 7.55. The minimum Gasteiger partial charge on any atom is -0.342 e. The third-order valence-corrected chi connectivity index (χ3v) is 3.90. The molecule has 0 spiro atoms. The molecule has 43 radical (unpaired) electrons. The summed E-state index contributed by atoms with van der Waals surface area (Å²) in [4.78, 5) is 0. The van der Waals surface area contributed by atoms with Crippen LogP contribution < -0.4 is 0 Å². The summed E-state index contributed by atoms with van der Waals surface area (Å²) in [5, 5.41) is 0. The van der Waals surface area contributed by atoms with Crippen molar-refractivity contribution in [3.05, 3.63) is 13.8 Å². The predicted octanol–water partition coefficient (Wildman–Crippen LogP) is -7.42. The van der Waals surface area contributed by atoms with Crippen molar-refractivity contribution in [2.45, 2.75) is 38.5 Å². The number of hydrogen-bond donors (Lipinski definition) is 0. The van der Waals surface area contributed by atoms with Crippen LogP contribution in [0.1, 0.15) is 38.5 Å². The van der Waals surface area contributed by atoms with E-state index in [0.29, 0.717) is 11.8 Å². The van der Waals surface area contributed by atoms with E-state index in [4.69, 9.17) is 85.1 Å². The molecule has 0 saturated heterocycles. The van der Waals surface area contributed by atoms with Crippen molar-refractivity contribution in [1.82, 2.24) is 0 Å². The predicted molar refractivity (Wildman–Crippen MR) is 207 cm³/mol. The van der Waals surface area contributed by atoms with Gasteiger partial charge in [0.1, 0.15) is 0 Å². The van der Waals surface area contributed by atoms with E-state index in [-0.39, 0.29) is 47.5 Å². The molecule has 0 aromatic heterocycles. The van der Waals surface area contributed by atoms with Crippen molar-refractivity contribution < 1.29 is 32.7 Å². The van der Waals surface area contributed by atoms with Gasteiger partial charge in [0.15, 0.2) is 0 Å². The zero-order valence-corrected chi connectivity index (χ0v) is 26.4. The molecule has 0 bridgehead atoms. The van der Waals surface area contributed by atoms with Gasteiger partial charge < -0.3 is 13.8 Å². The van der Waals surface area contributed by atoms with Crippen molar-refractivity contribution in [1.29, 1.82) is 0 Å². The van der Waals surface area contributed by atoms with E-state index in [0.717, 1.165) is 7.06 Å². The Labute approximate surface area is 301 Å². The van der Waals surface area contributed by atoms with E-state index in [1.54, 1.807) is 0 Å². The summed E-state index contributed by atoms with van der Waals surface area (Å²) in [7, 11) is 89.2. The minimum atomic E-state index is -0.667. The van der Waals surface area contributed by atoms with Gasteiger partial charge in [-0.3, -0.25) is 0 Å². The zero-order chi connectivity index (χ0) is 31.0. The Morgan fingerprint density at radius 2 is 0.769 bits per heavy atom. The van der Waals surface area contributed by atoms with Gasteiger partial charge in [-0.05, 0) is 0 Å². The van der Waals surface area contributed by atoms with Crippen molar-refractivity contribution in [2.75, 3.05) is 0 Å². The summed E-state index contributed by atoms with van der Waals surface area (Å²) in [5.74, 6) is 1.25. The smallest absolute Gasteiger partial charge is 0 e. The number of hydrogen-bond acceptors (Lipinski definition) is 0. The average molecular weight is 530 g/mol. The van der Waals surface area contributed by atoms with Crippen molar-refractivity contribution in [2.24, 2.45) is 11.8 Å². The maximum atomic E-state index is 5.19. The number of rotatable bonds is 4. The molecular formula is C10H18B28Y-2. The van der Waals surface area contributed by atoms with Crippen LogP contribution in [0.2, 0.25) is 0 Å². The van der Waals surface area contributed by atoms with E-state index in [1.165, 1.54) is 52.6 Å². The monoisotopic (exact) mass is 535 g/mol. The fraction of sp³-hybridized carbons (Fsp3) is 0.800. The topological polar surface area (TPSA) is 0 Å². The molecule has 0 N–H and O–H groups in total. The SMILES string of the molecule is [B].[B]B([B])B([B])[B].[B]B([B])[B].[B][B].[B][B]B([B])B([B])[B].[B][B]B([B])[B].[B][B][B].[CH2-]C1CCCCCCC1[CH2-].[Y]. The van der Waals surface area contributed by atoms with Crippen molar-refractivity contribution in [3.8, 4) is 0 Å². The van der Waals surface area contributed by atoms with Crippen LogP contribution in [0.4, 0.5) is 0 Å². The largest absolute Gasteiger partial charge is 0.342 e. The van der Waals surface area contributed by atoms with Crippen LogP contribution in [-0.4, -0.2) is 207 Å². The Hall–Kier alpha value is 2.92. The summed E-state index contributed by atoms with van der Waals surface area (Å²) in [6.45, 7) is 8.24. The molecule has 1 rings (SSSR count). The van der Waals surface area contributed by atoms with Crippen LogP contribution >= 0.6 is 0 Å². The summed E-state index contributed by atoms with van der Waals surface area (Å²) < 4.78 is 0. The van der Waals surface area contributed by atoms with Gasteiger partial charge in [0.05, 0.1) is 0 Å². The van der Waals surface area contributed by atoms with E-state index >= 15 is 0 Å². The van der Waals surface area contributed by atoms with Gasteiger partial charge in [-0.15, -0.1) is 0 Å². The Balaban J connectivity index is -0.0000000501. The quantitative estimate of drug-likeness (QED) is 0.251. The van der Waals surface area contributed by atoms with Gasteiger partial charge in [0, 0.05) is 240 Å². The standard InChI is InChI=1S/C10H18.B7.B6.B5.B4.B3.B2.B.Y/c1-9-7-5-3-4-6-8-10(9)2;1-5-7(4)6(2)3;1-5(2)6(3)4;1-4-5(2)3;1-4(2)3;1-3-2;1-2;;/h9-10H,1-8H2;;;;;;;;/q-2;;;;;;;;. The molecule has 0 heterocycles. The first-order chi connectivity index (χ1) is 17.0. The molecule has 1 aliphatic carbocycles. The fourth-order valence-corrected chi connectivity index (χ4v) is 1.77.